The number of hydrogen-bond acceptors (Lipinski definition) is 4. The van der Waals surface area contributed by atoms with E-state index in [1.807, 2.05) is 0 Å². The Morgan fingerprint density at radius 3 is 2.21 bits per heavy atom. The zero-order valence-electron chi connectivity index (χ0n) is 8.86. The fraction of sp³-hybridized carbons (Fsp3) is 0.556. The van der Waals surface area contributed by atoms with Crippen LogP contribution in [0.15, 0.2) is 24.5 Å². The fourth-order valence-electron chi connectivity index (χ4n) is 0.635. The number of phosphoric ester groups is 1. The molecule has 0 unspecified atom stereocenters. The molecular weight excluding hydrogens is 203 g/mol. The molecule has 0 saturated heterocycles. The Balaban J connectivity index is 4.22. The highest BCUT2D eigenvalue weighted by molar-refractivity contribution is 7.48. The number of allylic oxidation sites excluding steroid dienone is 2. The second kappa shape index (κ2) is 6.82. The molecule has 0 spiro atoms. The van der Waals surface area contributed by atoms with Crippen molar-refractivity contribution in [1.29, 1.82) is 0 Å². The van der Waals surface area contributed by atoms with Crippen molar-refractivity contribution in [3.8, 4) is 0 Å². The van der Waals surface area contributed by atoms with Crippen LogP contribution < -0.4 is 0 Å². The fourth-order valence-corrected chi connectivity index (χ4v) is 1.67. The summed E-state index contributed by atoms with van der Waals surface area (Å²) in [5.41, 5.74) is 0.796. The van der Waals surface area contributed by atoms with Crippen LogP contribution in [0.25, 0.3) is 0 Å². The standard InChI is InChI=1S/C9H17O4P/c1-5-11-14(10,12-6-2)13-8-7-9(3)4/h7-8H,3,5-6H2,1-2,4H3/b8-7+. The van der Waals surface area contributed by atoms with E-state index in [2.05, 4.69) is 6.58 Å². The van der Waals surface area contributed by atoms with Gasteiger partial charge in [-0.1, -0.05) is 12.2 Å². The van der Waals surface area contributed by atoms with E-state index in [4.69, 9.17) is 13.6 Å². The molecule has 0 fully saturated rings. The van der Waals surface area contributed by atoms with Gasteiger partial charge >= 0.3 is 7.82 Å². The van der Waals surface area contributed by atoms with Crippen LogP contribution in [0.3, 0.4) is 0 Å². The summed E-state index contributed by atoms with van der Waals surface area (Å²) in [6.45, 7) is 9.42. The normalized spacial score (nSPS) is 11.9. The van der Waals surface area contributed by atoms with Crippen molar-refractivity contribution in [2.24, 2.45) is 0 Å². The minimum absolute atomic E-state index is 0.276. The summed E-state index contributed by atoms with van der Waals surface area (Å²) in [4.78, 5) is 0. The van der Waals surface area contributed by atoms with Gasteiger partial charge < -0.3 is 4.52 Å². The lowest BCUT2D eigenvalue weighted by Crippen LogP contribution is -1.96. The van der Waals surface area contributed by atoms with E-state index < -0.39 is 7.82 Å². The average molecular weight is 220 g/mol. The SMILES string of the molecule is C=C(C)/C=C/OP(=O)(OCC)OCC. The molecule has 0 aliphatic carbocycles. The quantitative estimate of drug-likeness (QED) is 0.375. The molecule has 0 aromatic rings. The van der Waals surface area contributed by atoms with E-state index in [0.29, 0.717) is 0 Å². The molecule has 82 valence electrons. The number of rotatable bonds is 7. The average Bonchev–Trinajstić information content (AvgIpc) is 2.03. The third kappa shape index (κ3) is 5.97. The third-order valence-corrected chi connectivity index (χ3v) is 2.65. The minimum atomic E-state index is -3.40. The van der Waals surface area contributed by atoms with Crippen molar-refractivity contribution >= 4 is 7.82 Å². The Bertz CT molecular complexity index is 237. The lowest BCUT2D eigenvalue weighted by Gasteiger charge is -2.14. The van der Waals surface area contributed by atoms with Crippen molar-refractivity contribution in [1.82, 2.24) is 0 Å². The number of hydrogen-bond donors (Lipinski definition) is 0. The first-order chi connectivity index (χ1) is 6.54. The Hall–Kier alpha value is -0.570. The monoisotopic (exact) mass is 220 g/mol. The van der Waals surface area contributed by atoms with E-state index in [0.717, 1.165) is 5.57 Å². The highest BCUT2D eigenvalue weighted by Crippen LogP contribution is 2.49. The van der Waals surface area contributed by atoms with Crippen LogP contribution in [0.4, 0.5) is 0 Å². The van der Waals surface area contributed by atoms with Crippen molar-refractivity contribution in [2.75, 3.05) is 13.2 Å². The molecule has 0 aromatic carbocycles. The first kappa shape index (κ1) is 13.4. The second-order valence-electron chi connectivity index (χ2n) is 2.54. The van der Waals surface area contributed by atoms with Gasteiger partial charge in [-0.2, -0.15) is 0 Å². The lowest BCUT2D eigenvalue weighted by molar-refractivity contribution is 0.153. The largest absolute Gasteiger partial charge is 0.529 e. The summed E-state index contributed by atoms with van der Waals surface area (Å²) >= 11 is 0. The van der Waals surface area contributed by atoms with Crippen molar-refractivity contribution in [2.45, 2.75) is 20.8 Å². The van der Waals surface area contributed by atoms with Gasteiger partial charge in [0.05, 0.1) is 19.5 Å². The summed E-state index contributed by atoms with van der Waals surface area (Å²) < 4.78 is 26.3. The Kier molecular flexibility index (Phi) is 6.54. The highest BCUT2D eigenvalue weighted by Gasteiger charge is 2.24. The molecule has 0 atom stereocenters. The van der Waals surface area contributed by atoms with Gasteiger partial charge in [0, 0.05) is 0 Å². The Labute approximate surface area is 85.2 Å². The molecule has 0 saturated carbocycles. The molecule has 0 heterocycles. The van der Waals surface area contributed by atoms with Crippen molar-refractivity contribution in [3.63, 3.8) is 0 Å². The van der Waals surface area contributed by atoms with E-state index in [9.17, 15) is 4.57 Å². The van der Waals surface area contributed by atoms with E-state index >= 15 is 0 Å². The van der Waals surface area contributed by atoms with Crippen LogP contribution in [0.1, 0.15) is 20.8 Å². The van der Waals surface area contributed by atoms with Gasteiger partial charge in [-0.3, -0.25) is 9.05 Å². The summed E-state index contributed by atoms with van der Waals surface area (Å²) in [5.74, 6) is 0. The molecular formula is C9H17O4P. The van der Waals surface area contributed by atoms with Gasteiger partial charge in [-0.25, -0.2) is 4.57 Å². The van der Waals surface area contributed by atoms with Gasteiger partial charge in [0.15, 0.2) is 0 Å². The molecule has 0 radical (unpaired) electrons. The predicted octanol–water partition coefficient (Wildman–Crippen LogP) is 3.27. The molecule has 0 bridgehead atoms. The Morgan fingerprint density at radius 2 is 1.86 bits per heavy atom. The maximum Gasteiger partial charge on any atom is 0.529 e. The molecule has 0 aliphatic heterocycles. The van der Waals surface area contributed by atoms with E-state index in [1.54, 1.807) is 26.8 Å². The van der Waals surface area contributed by atoms with Gasteiger partial charge in [-0.05, 0) is 26.8 Å². The summed E-state index contributed by atoms with van der Waals surface area (Å²) in [6.07, 6.45) is 2.86. The maximum absolute atomic E-state index is 11.6. The summed E-state index contributed by atoms with van der Waals surface area (Å²) in [7, 11) is -3.40. The molecule has 14 heavy (non-hydrogen) atoms. The van der Waals surface area contributed by atoms with Crippen molar-refractivity contribution < 1.29 is 18.1 Å². The predicted molar refractivity (Wildman–Crippen MR) is 55.9 cm³/mol. The number of phosphoric acid groups is 1. The minimum Gasteiger partial charge on any atom is -0.412 e. The molecule has 4 nitrogen and oxygen atoms in total. The first-order valence-electron chi connectivity index (χ1n) is 4.43. The second-order valence-corrected chi connectivity index (χ2v) is 4.16. The molecule has 0 amide bonds. The van der Waals surface area contributed by atoms with Crippen LogP contribution in [-0.2, 0) is 18.1 Å². The molecule has 0 aromatic heterocycles. The lowest BCUT2D eigenvalue weighted by atomic mass is 10.4. The van der Waals surface area contributed by atoms with Crippen molar-refractivity contribution in [3.05, 3.63) is 24.5 Å². The van der Waals surface area contributed by atoms with E-state index in [-0.39, 0.29) is 13.2 Å². The summed E-state index contributed by atoms with van der Waals surface area (Å²) in [5, 5.41) is 0. The van der Waals surface area contributed by atoms with Crippen LogP contribution in [0.5, 0.6) is 0 Å². The van der Waals surface area contributed by atoms with Crippen LogP contribution in [0.2, 0.25) is 0 Å². The topological polar surface area (TPSA) is 44.8 Å². The third-order valence-electron chi connectivity index (χ3n) is 1.12. The smallest absolute Gasteiger partial charge is 0.412 e. The molecule has 5 heteroatoms. The maximum atomic E-state index is 11.6. The zero-order valence-corrected chi connectivity index (χ0v) is 9.75. The van der Waals surface area contributed by atoms with E-state index in [1.165, 1.54) is 6.26 Å². The van der Waals surface area contributed by atoms with Crippen LogP contribution >= 0.6 is 7.82 Å². The highest BCUT2D eigenvalue weighted by atomic mass is 31.2. The van der Waals surface area contributed by atoms with Gasteiger partial charge in [0.25, 0.3) is 0 Å². The molecule has 0 rings (SSSR count). The zero-order chi connectivity index (χ0) is 11.0. The molecule has 0 aliphatic rings. The van der Waals surface area contributed by atoms with Gasteiger partial charge in [0.1, 0.15) is 0 Å². The van der Waals surface area contributed by atoms with Crippen LogP contribution in [-0.4, -0.2) is 13.2 Å². The van der Waals surface area contributed by atoms with Gasteiger partial charge in [-0.15, -0.1) is 0 Å². The summed E-state index contributed by atoms with van der Waals surface area (Å²) in [6, 6.07) is 0. The molecule has 0 N–H and O–H groups in total. The Morgan fingerprint density at radius 1 is 1.36 bits per heavy atom. The first-order valence-corrected chi connectivity index (χ1v) is 5.89. The van der Waals surface area contributed by atoms with Gasteiger partial charge in [0.2, 0.25) is 0 Å². The van der Waals surface area contributed by atoms with Crippen LogP contribution in [0, 0.1) is 0 Å².